The predicted molar refractivity (Wildman–Crippen MR) is 123 cm³/mol. The van der Waals surface area contributed by atoms with Gasteiger partial charge in [0.05, 0.1) is 23.0 Å². The molecule has 0 atom stereocenters. The quantitative estimate of drug-likeness (QED) is 0.600. The van der Waals surface area contributed by atoms with Gasteiger partial charge in [-0.25, -0.2) is 4.99 Å². The number of aryl methyl sites for hydroxylation is 1. The van der Waals surface area contributed by atoms with Crippen LogP contribution in [0.1, 0.15) is 22.3 Å². The van der Waals surface area contributed by atoms with Gasteiger partial charge in [0.25, 0.3) is 5.56 Å². The third kappa shape index (κ3) is 4.44. The first-order chi connectivity index (χ1) is 15.0. The highest BCUT2D eigenvalue weighted by Gasteiger charge is 2.14. The molecule has 1 aliphatic rings. The molecular weight excluding hydrogens is 408 g/mol. The average molecular weight is 427 g/mol. The number of allylic oxidation sites excluding steroid dienone is 2. The van der Waals surface area contributed by atoms with Crippen LogP contribution >= 0.6 is 12.2 Å². The zero-order valence-corrected chi connectivity index (χ0v) is 17.3. The van der Waals surface area contributed by atoms with E-state index in [0.29, 0.717) is 29.9 Å². The summed E-state index contributed by atoms with van der Waals surface area (Å²) < 4.78 is 1.68. The van der Waals surface area contributed by atoms with Gasteiger partial charge < -0.3 is 5.11 Å². The van der Waals surface area contributed by atoms with E-state index in [2.05, 4.69) is 16.0 Å². The number of hydrogen-bond donors (Lipinski definition) is 2. The maximum absolute atomic E-state index is 12.5. The number of aromatic amines is 1. The van der Waals surface area contributed by atoms with E-state index in [0.717, 1.165) is 11.1 Å². The Morgan fingerprint density at radius 1 is 1.13 bits per heavy atom. The SMILES string of the molecule is N#Cc1ccc(C2=NC(=Cc3c(O)n(CCc4ccccc4)c(=S)[nH]c3=O)C=C2)cc1. The number of aromatic nitrogens is 2. The molecule has 6 nitrogen and oxygen atoms in total. The zero-order chi connectivity index (χ0) is 21.8. The summed E-state index contributed by atoms with van der Waals surface area (Å²) in [6, 6.07) is 19.0. The minimum atomic E-state index is -0.471. The molecule has 0 bridgehead atoms. The van der Waals surface area contributed by atoms with Crippen LogP contribution in [-0.2, 0) is 13.0 Å². The molecule has 0 fully saturated rings. The topological polar surface area (TPSA) is 94.2 Å². The number of nitrogens with one attached hydrogen (secondary N) is 1. The molecule has 0 radical (unpaired) electrons. The average Bonchev–Trinajstić information content (AvgIpc) is 3.26. The zero-order valence-electron chi connectivity index (χ0n) is 16.4. The van der Waals surface area contributed by atoms with Crippen LogP contribution in [0.15, 0.2) is 82.2 Å². The Kier molecular flexibility index (Phi) is 5.74. The number of benzene rings is 2. The molecule has 3 aromatic rings. The van der Waals surface area contributed by atoms with Crippen molar-refractivity contribution in [2.45, 2.75) is 13.0 Å². The predicted octanol–water partition coefficient (Wildman–Crippen LogP) is 4.13. The second kappa shape index (κ2) is 8.78. The Balaban J connectivity index is 1.63. The highest BCUT2D eigenvalue weighted by Crippen LogP contribution is 2.21. The number of rotatable bonds is 5. The molecule has 152 valence electrons. The molecular formula is C24H18N4O2S. The molecule has 31 heavy (non-hydrogen) atoms. The van der Waals surface area contributed by atoms with Crippen molar-refractivity contribution in [3.05, 3.63) is 110 Å². The van der Waals surface area contributed by atoms with E-state index in [4.69, 9.17) is 17.5 Å². The van der Waals surface area contributed by atoms with Crippen LogP contribution in [-0.4, -0.2) is 20.4 Å². The van der Waals surface area contributed by atoms with Crippen molar-refractivity contribution in [1.29, 1.82) is 5.26 Å². The van der Waals surface area contributed by atoms with Gasteiger partial charge in [0, 0.05) is 12.1 Å². The third-order valence-electron chi connectivity index (χ3n) is 4.94. The Morgan fingerprint density at radius 2 is 1.87 bits per heavy atom. The lowest BCUT2D eigenvalue weighted by molar-refractivity contribution is 0.402. The molecule has 7 heteroatoms. The molecule has 1 aliphatic heterocycles. The Morgan fingerprint density at radius 3 is 2.58 bits per heavy atom. The van der Waals surface area contributed by atoms with E-state index in [1.54, 1.807) is 18.2 Å². The summed E-state index contributed by atoms with van der Waals surface area (Å²) in [6.07, 6.45) is 5.78. The van der Waals surface area contributed by atoms with E-state index in [1.807, 2.05) is 48.5 Å². The van der Waals surface area contributed by atoms with Gasteiger partial charge in [0.15, 0.2) is 4.77 Å². The minimum absolute atomic E-state index is 0.103. The number of nitriles is 1. The molecule has 0 saturated carbocycles. The van der Waals surface area contributed by atoms with Crippen molar-refractivity contribution >= 4 is 24.0 Å². The van der Waals surface area contributed by atoms with Crippen LogP contribution in [0.5, 0.6) is 5.88 Å². The van der Waals surface area contributed by atoms with Crippen LogP contribution in [0.25, 0.3) is 6.08 Å². The summed E-state index contributed by atoms with van der Waals surface area (Å²) >= 11 is 5.25. The second-order valence-electron chi connectivity index (χ2n) is 6.97. The number of aliphatic imine (C=N–C) groups is 1. The summed E-state index contributed by atoms with van der Waals surface area (Å²) in [5.74, 6) is -0.187. The van der Waals surface area contributed by atoms with Crippen LogP contribution in [0.4, 0.5) is 0 Å². The van der Waals surface area contributed by atoms with Gasteiger partial charge in [0.2, 0.25) is 5.88 Å². The van der Waals surface area contributed by atoms with Crippen molar-refractivity contribution in [3.63, 3.8) is 0 Å². The fourth-order valence-corrected chi connectivity index (χ4v) is 3.55. The molecule has 2 N–H and O–H groups in total. The molecule has 1 aromatic heterocycles. The largest absolute Gasteiger partial charge is 0.494 e. The van der Waals surface area contributed by atoms with Gasteiger partial charge in [-0.05, 0) is 54.6 Å². The summed E-state index contributed by atoms with van der Waals surface area (Å²) in [7, 11) is 0. The van der Waals surface area contributed by atoms with Gasteiger partial charge in [-0.3, -0.25) is 14.3 Å². The van der Waals surface area contributed by atoms with Crippen LogP contribution < -0.4 is 5.56 Å². The maximum Gasteiger partial charge on any atom is 0.262 e. The molecule has 0 aliphatic carbocycles. The van der Waals surface area contributed by atoms with E-state index in [-0.39, 0.29) is 16.2 Å². The molecule has 0 amide bonds. The molecule has 0 spiro atoms. The standard InChI is InChI=1S/C24H18N4O2S/c25-15-17-6-8-18(9-7-17)21-11-10-19(26-21)14-20-22(29)27-24(31)28(23(20)30)13-12-16-4-2-1-3-5-16/h1-11,14,30H,12-13H2,(H,27,29,31). The Bertz CT molecular complexity index is 1370. The van der Waals surface area contributed by atoms with Gasteiger partial charge in [-0.15, -0.1) is 0 Å². The smallest absolute Gasteiger partial charge is 0.262 e. The highest BCUT2D eigenvalue weighted by atomic mass is 32.1. The van der Waals surface area contributed by atoms with E-state index in [9.17, 15) is 9.90 Å². The molecule has 2 aromatic carbocycles. The normalized spacial score (nSPS) is 13.9. The fraction of sp³-hybridized carbons (Fsp3) is 0.0833. The van der Waals surface area contributed by atoms with Crippen LogP contribution in [0.3, 0.4) is 0 Å². The van der Waals surface area contributed by atoms with Crippen molar-refractivity contribution < 1.29 is 5.11 Å². The van der Waals surface area contributed by atoms with E-state index < -0.39 is 5.56 Å². The molecule has 0 saturated heterocycles. The van der Waals surface area contributed by atoms with Crippen LogP contribution in [0, 0.1) is 16.1 Å². The van der Waals surface area contributed by atoms with Crippen LogP contribution in [0.2, 0.25) is 0 Å². The van der Waals surface area contributed by atoms with E-state index in [1.165, 1.54) is 10.6 Å². The highest BCUT2D eigenvalue weighted by molar-refractivity contribution is 7.71. The number of aromatic hydroxyl groups is 1. The lowest BCUT2D eigenvalue weighted by atomic mass is 10.1. The summed E-state index contributed by atoms with van der Waals surface area (Å²) in [5, 5.41) is 19.7. The fourth-order valence-electron chi connectivity index (χ4n) is 3.28. The van der Waals surface area contributed by atoms with Crippen molar-refractivity contribution in [2.24, 2.45) is 4.99 Å². The lowest BCUT2D eigenvalue weighted by Gasteiger charge is -2.11. The minimum Gasteiger partial charge on any atom is -0.494 e. The van der Waals surface area contributed by atoms with Gasteiger partial charge in [0.1, 0.15) is 5.56 Å². The first-order valence-electron chi connectivity index (χ1n) is 9.64. The molecule has 4 rings (SSSR count). The number of nitrogens with zero attached hydrogens (tertiary/aromatic N) is 3. The Labute approximate surface area is 183 Å². The van der Waals surface area contributed by atoms with E-state index >= 15 is 0 Å². The third-order valence-corrected chi connectivity index (χ3v) is 5.26. The number of H-pyrrole nitrogens is 1. The summed E-state index contributed by atoms with van der Waals surface area (Å²) in [4.78, 5) is 19.6. The van der Waals surface area contributed by atoms with Gasteiger partial charge in [-0.2, -0.15) is 5.26 Å². The molecule has 0 unspecified atom stereocenters. The van der Waals surface area contributed by atoms with Gasteiger partial charge >= 0.3 is 0 Å². The van der Waals surface area contributed by atoms with Crippen molar-refractivity contribution in [2.75, 3.05) is 0 Å². The summed E-state index contributed by atoms with van der Waals surface area (Å²) in [6.45, 7) is 0.428. The first-order valence-corrected chi connectivity index (χ1v) is 10.0. The molecule has 2 heterocycles. The Hall–Kier alpha value is -4.02. The second-order valence-corrected chi connectivity index (χ2v) is 7.36. The monoisotopic (exact) mass is 426 g/mol. The van der Waals surface area contributed by atoms with Gasteiger partial charge in [-0.1, -0.05) is 42.5 Å². The number of hydrogen-bond acceptors (Lipinski definition) is 5. The first kappa shape index (κ1) is 20.3. The lowest BCUT2D eigenvalue weighted by Crippen LogP contribution is -2.17. The van der Waals surface area contributed by atoms with Crippen molar-refractivity contribution in [1.82, 2.24) is 9.55 Å². The summed E-state index contributed by atoms with van der Waals surface area (Å²) in [5.41, 5.74) is 3.41. The van der Waals surface area contributed by atoms with Crippen molar-refractivity contribution in [3.8, 4) is 11.9 Å². The maximum atomic E-state index is 12.5.